The predicted octanol–water partition coefficient (Wildman–Crippen LogP) is 4.22. The SMILES string of the molecule is N#CC(C(=O)C1CCCCCCC1)c1ccccc1. The quantitative estimate of drug-likeness (QED) is 0.811. The Morgan fingerprint density at radius 1 is 1.05 bits per heavy atom. The lowest BCUT2D eigenvalue weighted by molar-refractivity contribution is -0.123. The summed E-state index contributed by atoms with van der Waals surface area (Å²) in [7, 11) is 0. The van der Waals surface area contributed by atoms with Gasteiger partial charge in [0.2, 0.25) is 0 Å². The Morgan fingerprint density at radius 3 is 2.21 bits per heavy atom. The number of carbonyl (C=O) groups is 1. The predicted molar refractivity (Wildman–Crippen MR) is 75.6 cm³/mol. The number of hydrogen-bond acceptors (Lipinski definition) is 2. The third kappa shape index (κ3) is 3.67. The first-order chi connectivity index (χ1) is 9.33. The van der Waals surface area contributed by atoms with Gasteiger partial charge in [-0.15, -0.1) is 0 Å². The number of benzene rings is 1. The van der Waals surface area contributed by atoms with Gasteiger partial charge in [-0.25, -0.2) is 0 Å². The van der Waals surface area contributed by atoms with E-state index < -0.39 is 5.92 Å². The Bertz CT molecular complexity index is 438. The lowest BCUT2D eigenvalue weighted by atomic mass is 9.81. The Morgan fingerprint density at radius 2 is 1.63 bits per heavy atom. The molecule has 1 aliphatic carbocycles. The van der Waals surface area contributed by atoms with Gasteiger partial charge in [-0.2, -0.15) is 5.26 Å². The number of ketones is 1. The molecule has 1 aromatic rings. The van der Waals surface area contributed by atoms with Gasteiger partial charge >= 0.3 is 0 Å². The Hall–Kier alpha value is -1.62. The van der Waals surface area contributed by atoms with Crippen LogP contribution >= 0.6 is 0 Å². The highest BCUT2D eigenvalue weighted by atomic mass is 16.1. The molecule has 0 bridgehead atoms. The van der Waals surface area contributed by atoms with Crippen LogP contribution in [0.25, 0.3) is 0 Å². The second kappa shape index (κ2) is 7.09. The highest BCUT2D eigenvalue weighted by Crippen LogP contribution is 2.28. The molecule has 100 valence electrons. The molecule has 0 amide bonds. The van der Waals surface area contributed by atoms with Crippen LogP contribution in [0.2, 0.25) is 0 Å². The number of hydrogen-bond donors (Lipinski definition) is 0. The summed E-state index contributed by atoms with van der Waals surface area (Å²) in [6, 6.07) is 11.7. The standard InChI is InChI=1S/C17H21NO/c18-13-16(14-9-7-4-8-10-14)17(19)15-11-5-2-1-3-6-12-15/h4,7-10,15-16H,1-3,5-6,11-12H2. The highest BCUT2D eigenvalue weighted by Gasteiger charge is 2.27. The van der Waals surface area contributed by atoms with Crippen LogP contribution in [-0.2, 0) is 4.79 Å². The van der Waals surface area contributed by atoms with Crippen molar-refractivity contribution in [2.75, 3.05) is 0 Å². The summed E-state index contributed by atoms with van der Waals surface area (Å²) in [5.74, 6) is -0.355. The smallest absolute Gasteiger partial charge is 0.157 e. The molecule has 0 heterocycles. The van der Waals surface area contributed by atoms with E-state index in [0.717, 1.165) is 31.2 Å². The van der Waals surface area contributed by atoms with Crippen molar-refractivity contribution in [1.29, 1.82) is 5.26 Å². The van der Waals surface area contributed by atoms with Gasteiger partial charge in [0.05, 0.1) is 6.07 Å². The second-order valence-electron chi connectivity index (χ2n) is 5.42. The molecule has 2 rings (SSSR count). The summed E-state index contributed by atoms with van der Waals surface area (Å²) in [6.07, 6.45) is 7.93. The second-order valence-corrected chi connectivity index (χ2v) is 5.42. The van der Waals surface area contributed by atoms with Crippen molar-refractivity contribution < 1.29 is 4.79 Å². The van der Waals surface area contributed by atoms with Gasteiger partial charge in [0.15, 0.2) is 5.78 Å². The Kier molecular flexibility index (Phi) is 5.15. The van der Waals surface area contributed by atoms with Gasteiger partial charge in [0, 0.05) is 5.92 Å². The molecule has 0 saturated heterocycles. The summed E-state index contributed by atoms with van der Waals surface area (Å²) in [6.45, 7) is 0. The lowest BCUT2D eigenvalue weighted by Gasteiger charge is -2.20. The zero-order chi connectivity index (χ0) is 13.5. The van der Waals surface area contributed by atoms with E-state index in [1.165, 1.54) is 19.3 Å². The molecular weight excluding hydrogens is 234 g/mol. The Labute approximate surface area is 115 Å². The molecule has 1 fully saturated rings. The van der Waals surface area contributed by atoms with Gasteiger partial charge in [-0.05, 0) is 18.4 Å². The zero-order valence-electron chi connectivity index (χ0n) is 11.3. The fraction of sp³-hybridized carbons (Fsp3) is 0.529. The van der Waals surface area contributed by atoms with Crippen molar-refractivity contribution in [3.63, 3.8) is 0 Å². The van der Waals surface area contributed by atoms with Crippen molar-refractivity contribution in [2.45, 2.75) is 50.9 Å². The zero-order valence-corrected chi connectivity index (χ0v) is 11.3. The molecule has 0 spiro atoms. The fourth-order valence-corrected chi connectivity index (χ4v) is 2.92. The summed E-state index contributed by atoms with van der Waals surface area (Å²) >= 11 is 0. The van der Waals surface area contributed by atoms with E-state index in [9.17, 15) is 10.1 Å². The van der Waals surface area contributed by atoms with Crippen LogP contribution in [0.15, 0.2) is 30.3 Å². The highest BCUT2D eigenvalue weighted by molar-refractivity contribution is 5.90. The molecule has 0 aromatic heterocycles. The van der Waals surface area contributed by atoms with E-state index in [4.69, 9.17) is 0 Å². The van der Waals surface area contributed by atoms with Crippen LogP contribution in [0, 0.1) is 17.2 Å². The van der Waals surface area contributed by atoms with E-state index in [1.807, 2.05) is 30.3 Å². The maximum absolute atomic E-state index is 12.6. The molecule has 1 aliphatic rings. The van der Waals surface area contributed by atoms with Crippen molar-refractivity contribution in [2.24, 2.45) is 5.92 Å². The number of carbonyl (C=O) groups excluding carboxylic acids is 1. The minimum Gasteiger partial charge on any atom is -0.298 e. The minimum absolute atomic E-state index is 0.0881. The maximum Gasteiger partial charge on any atom is 0.157 e. The van der Waals surface area contributed by atoms with E-state index in [1.54, 1.807) is 0 Å². The van der Waals surface area contributed by atoms with E-state index in [-0.39, 0.29) is 11.7 Å². The third-order valence-electron chi connectivity index (χ3n) is 4.05. The van der Waals surface area contributed by atoms with Crippen LogP contribution < -0.4 is 0 Å². The molecule has 0 aliphatic heterocycles. The molecule has 1 saturated carbocycles. The molecule has 1 unspecified atom stereocenters. The summed E-state index contributed by atoms with van der Waals surface area (Å²) in [5.41, 5.74) is 0.844. The summed E-state index contributed by atoms with van der Waals surface area (Å²) in [4.78, 5) is 12.6. The van der Waals surface area contributed by atoms with Gasteiger partial charge in [-0.3, -0.25) is 4.79 Å². The summed E-state index contributed by atoms with van der Waals surface area (Å²) < 4.78 is 0. The van der Waals surface area contributed by atoms with Crippen LogP contribution in [0.3, 0.4) is 0 Å². The van der Waals surface area contributed by atoms with E-state index in [0.29, 0.717) is 0 Å². The number of nitrogens with zero attached hydrogens (tertiary/aromatic N) is 1. The van der Waals surface area contributed by atoms with Crippen LogP contribution in [0.4, 0.5) is 0 Å². The average molecular weight is 255 g/mol. The third-order valence-corrected chi connectivity index (χ3v) is 4.05. The van der Waals surface area contributed by atoms with Crippen LogP contribution in [-0.4, -0.2) is 5.78 Å². The normalized spacial score (nSPS) is 18.9. The lowest BCUT2D eigenvalue weighted by Crippen LogP contribution is -2.22. The monoisotopic (exact) mass is 255 g/mol. The molecule has 1 atom stereocenters. The average Bonchev–Trinajstić information content (AvgIpc) is 2.40. The van der Waals surface area contributed by atoms with Gasteiger partial charge in [0.1, 0.15) is 5.92 Å². The van der Waals surface area contributed by atoms with Gasteiger partial charge in [-0.1, -0.05) is 62.4 Å². The molecule has 2 nitrogen and oxygen atoms in total. The van der Waals surface area contributed by atoms with Gasteiger partial charge < -0.3 is 0 Å². The van der Waals surface area contributed by atoms with Crippen molar-refractivity contribution >= 4 is 5.78 Å². The molecule has 19 heavy (non-hydrogen) atoms. The summed E-state index contributed by atoms with van der Waals surface area (Å²) in [5, 5.41) is 9.34. The largest absolute Gasteiger partial charge is 0.298 e. The minimum atomic E-state index is -0.578. The van der Waals surface area contributed by atoms with Crippen molar-refractivity contribution in [3.8, 4) is 6.07 Å². The molecule has 1 aromatic carbocycles. The molecule has 0 radical (unpaired) electrons. The van der Waals surface area contributed by atoms with Crippen LogP contribution in [0.1, 0.15) is 56.4 Å². The van der Waals surface area contributed by atoms with E-state index >= 15 is 0 Å². The van der Waals surface area contributed by atoms with Crippen molar-refractivity contribution in [3.05, 3.63) is 35.9 Å². The Balaban J connectivity index is 2.09. The molecular formula is C17H21NO. The maximum atomic E-state index is 12.6. The first-order valence-electron chi connectivity index (χ1n) is 7.31. The first-order valence-corrected chi connectivity index (χ1v) is 7.31. The van der Waals surface area contributed by atoms with Crippen molar-refractivity contribution in [1.82, 2.24) is 0 Å². The first kappa shape index (κ1) is 13.8. The fourth-order valence-electron chi connectivity index (χ4n) is 2.92. The topological polar surface area (TPSA) is 40.9 Å². The molecule has 0 N–H and O–H groups in total. The molecule has 2 heteroatoms. The van der Waals surface area contributed by atoms with Crippen LogP contribution in [0.5, 0.6) is 0 Å². The van der Waals surface area contributed by atoms with E-state index in [2.05, 4.69) is 6.07 Å². The van der Waals surface area contributed by atoms with Gasteiger partial charge in [0.25, 0.3) is 0 Å². The number of nitriles is 1. The number of Topliss-reactive ketones (excluding diaryl/α,β-unsaturated/α-hetero) is 1. The number of rotatable bonds is 3.